The number of methoxy groups -OCH3 is 1. The number of hydrogen-bond acceptors (Lipinski definition) is 5. The minimum Gasteiger partial charge on any atom is -0.496 e. The molecule has 0 bridgehead atoms. The second-order valence-corrected chi connectivity index (χ2v) is 5.53. The van der Waals surface area contributed by atoms with Crippen molar-refractivity contribution in [1.82, 2.24) is 14.4 Å². The van der Waals surface area contributed by atoms with E-state index in [-0.39, 0.29) is 0 Å². The van der Waals surface area contributed by atoms with Gasteiger partial charge in [0, 0.05) is 29.7 Å². The molecule has 4 rings (SSSR count). The minimum atomic E-state index is -0.714. The molecular formula is C17H17N3O3. The maximum Gasteiger partial charge on any atom is 0.192 e. The lowest BCUT2D eigenvalue weighted by atomic mass is 10.0. The van der Waals surface area contributed by atoms with E-state index in [0.29, 0.717) is 13.2 Å². The molecule has 0 spiro atoms. The Morgan fingerprint density at radius 3 is 2.83 bits per heavy atom. The molecule has 0 amide bonds. The van der Waals surface area contributed by atoms with Crippen LogP contribution in [0.1, 0.15) is 12.5 Å². The van der Waals surface area contributed by atoms with Gasteiger partial charge in [-0.2, -0.15) is 0 Å². The van der Waals surface area contributed by atoms with Crippen molar-refractivity contribution < 1.29 is 14.2 Å². The van der Waals surface area contributed by atoms with E-state index in [0.717, 1.165) is 28.2 Å². The van der Waals surface area contributed by atoms with E-state index in [2.05, 4.69) is 9.97 Å². The van der Waals surface area contributed by atoms with Gasteiger partial charge >= 0.3 is 0 Å². The SMILES string of the molecule is COc1cc(C2(C)OCCO2)ccc1-c1cn2ccncc2n1. The van der Waals surface area contributed by atoms with Crippen molar-refractivity contribution in [3.63, 3.8) is 0 Å². The number of hydrogen-bond donors (Lipinski definition) is 0. The lowest BCUT2D eigenvalue weighted by Gasteiger charge is -2.23. The van der Waals surface area contributed by atoms with Crippen molar-refractivity contribution in [2.45, 2.75) is 12.7 Å². The summed E-state index contributed by atoms with van der Waals surface area (Å²) in [5.41, 5.74) is 3.48. The highest BCUT2D eigenvalue weighted by atomic mass is 16.7. The zero-order valence-electron chi connectivity index (χ0n) is 13.0. The van der Waals surface area contributed by atoms with Gasteiger partial charge in [-0.25, -0.2) is 4.98 Å². The van der Waals surface area contributed by atoms with E-state index < -0.39 is 5.79 Å². The second kappa shape index (κ2) is 5.33. The van der Waals surface area contributed by atoms with Gasteiger partial charge in [-0.1, -0.05) is 6.07 Å². The molecule has 3 aromatic rings. The molecule has 6 nitrogen and oxygen atoms in total. The highest BCUT2D eigenvalue weighted by Crippen LogP contribution is 2.37. The summed E-state index contributed by atoms with van der Waals surface area (Å²) < 4.78 is 18.9. The zero-order chi connectivity index (χ0) is 15.9. The molecular weight excluding hydrogens is 294 g/mol. The Bertz CT molecular complexity index is 820. The molecule has 1 aliphatic heterocycles. The smallest absolute Gasteiger partial charge is 0.192 e. The largest absolute Gasteiger partial charge is 0.496 e. The summed E-state index contributed by atoms with van der Waals surface area (Å²) in [4.78, 5) is 8.68. The lowest BCUT2D eigenvalue weighted by Crippen LogP contribution is -2.22. The Morgan fingerprint density at radius 2 is 2.09 bits per heavy atom. The van der Waals surface area contributed by atoms with Crippen LogP contribution < -0.4 is 4.74 Å². The Balaban J connectivity index is 1.79. The van der Waals surface area contributed by atoms with E-state index in [4.69, 9.17) is 14.2 Å². The average Bonchev–Trinajstić information content (AvgIpc) is 3.21. The van der Waals surface area contributed by atoms with Crippen molar-refractivity contribution in [1.29, 1.82) is 0 Å². The molecule has 1 aliphatic rings. The van der Waals surface area contributed by atoms with Crippen LogP contribution in [0.2, 0.25) is 0 Å². The molecule has 1 saturated heterocycles. The predicted octanol–water partition coefficient (Wildman–Crippen LogP) is 2.62. The van der Waals surface area contributed by atoms with Gasteiger partial charge in [0.1, 0.15) is 5.75 Å². The number of aromatic nitrogens is 3. The summed E-state index contributed by atoms with van der Waals surface area (Å²) in [7, 11) is 1.65. The summed E-state index contributed by atoms with van der Waals surface area (Å²) in [5, 5.41) is 0. The van der Waals surface area contributed by atoms with Crippen molar-refractivity contribution in [2.75, 3.05) is 20.3 Å². The topological polar surface area (TPSA) is 57.9 Å². The molecule has 0 unspecified atom stereocenters. The summed E-state index contributed by atoms with van der Waals surface area (Å²) in [6, 6.07) is 5.92. The Kier molecular flexibility index (Phi) is 3.28. The van der Waals surface area contributed by atoms with Gasteiger partial charge in [0.25, 0.3) is 0 Å². The fraction of sp³-hybridized carbons (Fsp3) is 0.294. The molecule has 23 heavy (non-hydrogen) atoms. The average molecular weight is 311 g/mol. The monoisotopic (exact) mass is 311 g/mol. The molecule has 0 aliphatic carbocycles. The van der Waals surface area contributed by atoms with E-state index in [1.165, 1.54) is 0 Å². The zero-order valence-corrected chi connectivity index (χ0v) is 13.0. The maximum absolute atomic E-state index is 5.71. The van der Waals surface area contributed by atoms with Gasteiger partial charge in [0.05, 0.1) is 32.2 Å². The summed E-state index contributed by atoms with van der Waals surface area (Å²) >= 11 is 0. The summed E-state index contributed by atoms with van der Waals surface area (Å²) in [6.07, 6.45) is 7.28. The number of nitrogens with zero attached hydrogens (tertiary/aromatic N) is 3. The number of rotatable bonds is 3. The molecule has 0 atom stereocenters. The number of ether oxygens (including phenoxy) is 3. The van der Waals surface area contributed by atoms with Crippen LogP contribution in [-0.2, 0) is 15.3 Å². The third-order valence-electron chi connectivity index (χ3n) is 4.10. The second-order valence-electron chi connectivity index (χ2n) is 5.53. The van der Waals surface area contributed by atoms with Crippen LogP contribution in [0.3, 0.4) is 0 Å². The van der Waals surface area contributed by atoms with Crippen LogP contribution >= 0.6 is 0 Å². The van der Waals surface area contributed by atoms with Gasteiger partial charge in [0.2, 0.25) is 0 Å². The first kappa shape index (κ1) is 14.2. The molecule has 0 radical (unpaired) electrons. The standard InChI is InChI=1S/C17H17N3O3/c1-17(22-7-8-23-17)12-3-4-13(15(9-12)21-2)14-11-20-6-5-18-10-16(20)19-14/h3-6,9-11H,7-8H2,1-2H3. The first-order chi connectivity index (χ1) is 11.2. The van der Waals surface area contributed by atoms with E-state index >= 15 is 0 Å². The van der Waals surface area contributed by atoms with Crippen molar-refractivity contribution in [3.05, 3.63) is 48.5 Å². The molecule has 6 heteroatoms. The highest BCUT2D eigenvalue weighted by Gasteiger charge is 2.33. The number of benzene rings is 1. The third-order valence-corrected chi connectivity index (χ3v) is 4.10. The van der Waals surface area contributed by atoms with Crippen molar-refractivity contribution >= 4 is 5.65 Å². The van der Waals surface area contributed by atoms with Crippen LogP contribution in [0, 0.1) is 0 Å². The van der Waals surface area contributed by atoms with Crippen LogP contribution in [-0.4, -0.2) is 34.7 Å². The Labute approximate surface area is 133 Å². The maximum atomic E-state index is 5.71. The summed E-state index contributed by atoms with van der Waals surface area (Å²) in [5.74, 6) is 0.0217. The minimum absolute atomic E-state index is 0.597. The van der Waals surface area contributed by atoms with E-state index in [9.17, 15) is 0 Å². The van der Waals surface area contributed by atoms with Crippen LogP contribution in [0.5, 0.6) is 5.75 Å². The van der Waals surface area contributed by atoms with Crippen molar-refractivity contribution in [3.8, 4) is 17.0 Å². The third kappa shape index (κ3) is 2.36. The van der Waals surface area contributed by atoms with Gasteiger partial charge < -0.3 is 18.6 Å². The Hall–Kier alpha value is -2.44. The Morgan fingerprint density at radius 1 is 1.26 bits per heavy atom. The molecule has 1 aromatic carbocycles. The fourth-order valence-corrected chi connectivity index (χ4v) is 2.84. The lowest BCUT2D eigenvalue weighted by molar-refractivity contribution is -0.149. The molecule has 0 N–H and O–H groups in total. The quantitative estimate of drug-likeness (QED) is 0.744. The highest BCUT2D eigenvalue weighted by molar-refractivity contribution is 5.69. The first-order valence-electron chi connectivity index (χ1n) is 7.45. The molecule has 118 valence electrons. The van der Waals surface area contributed by atoms with Crippen LogP contribution in [0.25, 0.3) is 16.9 Å². The molecule has 1 fully saturated rings. The molecule has 3 heterocycles. The van der Waals surface area contributed by atoms with Crippen molar-refractivity contribution in [2.24, 2.45) is 0 Å². The first-order valence-corrected chi connectivity index (χ1v) is 7.45. The normalized spacial score (nSPS) is 16.8. The van der Waals surface area contributed by atoms with Gasteiger partial charge in [-0.15, -0.1) is 0 Å². The number of fused-ring (bicyclic) bond motifs is 1. The molecule has 0 saturated carbocycles. The fourth-order valence-electron chi connectivity index (χ4n) is 2.84. The predicted molar refractivity (Wildman–Crippen MR) is 84.2 cm³/mol. The van der Waals surface area contributed by atoms with E-state index in [1.807, 2.05) is 41.9 Å². The van der Waals surface area contributed by atoms with Gasteiger partial charge in [-0.05, 0) is 19.1 Å². The van der Waals surface area contributed by atoms with Crippen LogP contribution in [0.4, 0.5) is 0 Å². The van der Waals surface area contributed by atoms with E-state index in [1.54, 1.807) is 19.5 Å². The van der Waals surface area contributed by atoms with Crippen LogP contribution in [0.15, 0.2) is 43.0 Å². The number of imidazole rings is 1. The van der Waals surface area contributed by atoms with Gasteiger partial charge in [0.15, 0.2) is 11.4 Å². The molecule has 2 aromatic heterocycles. The van der Waals surface area contributed by atoms with Gasteiger partial charge in [-0.3, -0.25) is 4.98 Å². The summed E-state index contributed by atoms with van der Waals surface area (Å²) in [6.45, 7) is 3.12.